The summed E-state index contributed by atoms with van der Waals surface area (Å²) in [5.74, 6) is -2.11. The van der Waals surface area contributed by atoms with Gasteiger partial charge in [-0.2, -0.15) is 18.7 Å². The van der Waals surface area contributed by atoms with Gasteiger partial charge < -0.3 is 9.25 Å². The number of hydrogen-bond donors (Lipinski definition) is 1. The molecule has 0 bridgehead atoms. The second-order valence-corrected chi connectivity index (χ2v) is 9.20. The van der Waals surface area contributed by atoms with Crippen LogP contribution in [-0.4, -0.2) is 41.0 Å². The second kappa shape index (κ2) is 10.9. The van der Waals surface area contributed by atoms with Crippen LogP contribution in [0.3, 0.4) is 0 Å². The molecule has 1 heterocycles. The minimum atomic E-state index is -5.21. The Kier molecular flexibility index (Phi) is 8.16. The summed E-state index contributed by atoms with van der Waals surface area (Å²) in [6.45, 7) is 11.5. The smallest absolute Gasteiger partial charge is 0.436 e. The average Bonchev–Trinajstić information content (AvgIpc) is 3.19. The van der Waals surface area contributed by atoms with E-state index >= 15 is 0 Å². The van der Waals surface area contributed by atoms with E-state index in [2.05, 4.69) is 42.4 Å². The van der Waals surface area contributed by atoms with Crippen molar-refractivity contribution in [3.05, 3.63) is 53.6 Å². The van der Waals surface area contributed by atoms with Crippen molar-refractivity contribution in [3.63, 3.8) is 0 Å². The molecule has 0 saturated carbocycles. The number of halogens is 3. The van der Waals surface area contributed by atoms with Gasteiger partial charge in [0.25, 0.3) is 5.91 Å². The first-order chi connectivity index (χ1) is 16.4. The zero-order valence-corrected chi connectivity index (χ0v) is 20.0. The second-order valence-electron chi connectivity index (χ2n) is 9.20. The van der Waals surface area contributed by atoms with E-state index in [0.717, 1.165) is 30.8 Å². The Hall–Kier alpha value is -3.40. The molecule has 3 aromatic rings. The van der Waals surface area contributed by atoms with E-state index in [9.17, 15) is 22.8 Å². The molecule has 0 fully saturated rings. The van der Waals surface area contributed by atoms with E-state index < -0.39 is 18.1 Å². The third kappa shape index (κ3) is 7.29. The molecule has 1 amide bonds. The number of aromatic nitrogens is 1. The highest BCUT2D eigenvalue weighted by Gasteiger charge is 2.42. The Morgan fingerprint density at radius 1 is 1.06 bits per heavy atom. The highest BCUT2D eigenvalue weighted by Crippen LogP contribution is 2.26. The lowest BCUT2D eigenvalue weighted by molar-refractivity contribution is -0.204. The number of hydroxylamine groups is 1. The van der Waals surface area contributed by atoms with Crippen LogP contribution in [0.2, 0.25) is 0 Å². The number of hydrogen-bond acceptors (Lipinski definition) is 6. The highest BCUT2D eigenvalue weighted by molar-refractivity contribution is 5.97. The Morgan fingerprint density at radius 2 is 1.74 bits per heavy atom. The Bertz CT molecular complexity index is 1180. The Labute approximate surface area is 201 Å². The summed E-state index contributed by atoms with van der Waals surface area (Å²) in [7, 11) is 0. The van der Waals surface area contributed by atoms with E-state index in [1.54, 1.807) is 0 Å². The van der Waals surface area contributed by atoms with Gasteiger partial charge in [0.15, 0.2) is 5.58 Å². The van der Waals surface area contributed by atoms with Gasteiger partial charge in [-0.1, -0.05) is 39.8 Å². The van der Waals surface area contributed by atoms with Crippen LogP contribution in [0.1, 0.15) is 43.6 Å². The molecule has 35 heavy (non-hydrogen) atoms. The normalized spacial score (nSPS) is 12.1. The number of alkyl halides is 3. The van der Waals surface area contributed by atoms with Crippen molar-refractivity contribution in [1.29, 1.82) is 0 Å². The summed E-state index contributed by atoms with van der Waals surface area (Å²) in [6, 6.07) is 12.0. The largest absolute Gasteiger partial charge is 0.493 e. The number of nitrogens with one attached hydrogen (secondary N) is 1. The fraction of sp³-hybridized carbons (Fsp3) is 0.400. The topological polar surface area (TPSA) is 84.7 Å². The molecule has 1 aromatic heterocycles. The van der Waals surface area contributed by atoms with Gasteiger partial charge in [-0.15, -0.1) is 0 Å². The molecule has 0 atom stereocenters. The number of oxazole rings is 1. The molecule has 10 heteroatoms. The van der Waals surface area contributed by atoms with Gasteiger partial charge in [-0.3, -0.25) is 9.69 Å². The van der Waals surface area contributed by atoms with E-state index in [1.807, 2.05) is 24.3 Å². The first-order valence-electron chi connectivity index (χ1n) is 11.2. The fourth-order valence-corrected chi connectivity index (χ4v) is 3.70. The maximum atomic E-state index is 12.2. The van der Waals surface area contributed by atoms with Gasteiger partial charge in [0.1, 0.15) is 5.52 Å². The van der Waals surface area contributed by atoms with E-state index in [4.69, 9.17) is 4.42 Å². The zero-order valence-electron chi connectivity index (χ0n) is 20.0. The molecule has 0 aliphatic heterocycles. The van der Waals surface area contributed by atoms with Gasteiger partial charge in [-0.25, -0.2) is 9.78 Å². The first kappa shape index (κ1) is 26.2. The lowest BCUT2D eigenvalue weighted by atomic mass is 10.1. The molecule has 2 aromatic carbocycles. The molecule has 0 aliphatic carbocycles. The van der Waals surface area contributed by atoms with E-state index in [1.165, 1.54) is 23.7 Å². The number of amides is 1. The maximum Gasteiger partial charge on any atom is 0.493 e. The molecule has 3 rings (SSSR count). The number of benzene rings is 2. The minimum absolute atomic E-state index is 0.0425. The predicted octanol–water partition coefficient (Wildman–Crippen LogP) is 5.36. The van der Waals surface area contributed by atoms with Crippen LogP contribution in [0.25, 0.3) is 22.6 Å². The van der Waals surface area contributed by atoms with Gasteiger partial charge >= 0.3 is 12.1 Å². The number of carbonyl (C=O) groups is 2. The quantitative estimate of drug-likeness (QED) is 0.427. The molecule has 0 radical (unpaired) electrons. The van der Waals surface area contributed by atoms with Gasteiger partial charge in [0.05, 0.1) is 0 Å². The van der Waals surface area contributed by atoms with Gasteiger partial charge in [-0.05, 0) is 47.7 Å². The zero-order chi connectivity index (χ0) is 25.8. The summed E-state index contributed by atoms with van der Waals surface area (Å²) in [5.41, 5.74) is 4.05. The molecule has 7 nitrogen and oxygen atoms in total. The SMILES string of the molecule is CC(C)CN(Cc1cccc(-c2nc3cc(C(=O)NOC(=O)C(F)(F)F)ccc3o2)c1)CC(C)C. The van der Waals surface area contributed by atoms with Gasteiger partial charge in [0.2, 0.25) is 5.89 Å². The monoisotopic (exact) mass is 491 g/mol. The van der Waals surface area contributed by atoms with Gasteiger partial charge in [0, 0.05) is 30.8 Å². The molecule has 188 valence electrons. The fourth-order valence-electron chi connectivity index (χ4n) is 3.70. The third-order valence-electron chi connectivity index (χ3n) is 4.94. The lowest BCUT2D eigenvalue weighted by Gasteiger charge is -2.26. The van der Waals surface area contributed by atoms with Crippen molar-refractivity contribution in [3.8, 4) is 11.5 Å². The molecule has 0 spiro atoms. The third-order valence-corrected chi connectivity index (χ3v) is 4.94. The summed E-state index contributed by atoms with van der Waals surface area (Å²) < 4.78 is 42.5. The van der Waals surface area contributed by atoms with Crippen molar-refractivity contribution in [2.45, 2.75) is 40.4 Å². The molecule has 0 aliphatic rings. The van der Waals surface area contributed by atoms with Crippen LogP contribution < -0.4 is 5.48 Å². The van der Waals surface area contributed by atoms with Crippen molar-refractivity contribution in [2.75, 3.05) is 13.1 Å². The Balaban J connectivity index is 1.77. The summed E-state index contributed by atoms with van der Waals surface area (Å²) >= 11 is 0. The summed E-state index contributed by atoms with van der Waals surface area (Å²) in [4.78, 5) is 33.5. The Morgan fingerprint density at radius 3 is 2.37 bits per heavy atom. The number of carbonyl (C=O) groups excluding carboxylic acids is 2. The maximum absolute atomic E-state index is 12.2. The number of fused-ring (bicyclic) bond motifs is 1. The molecular formula is C25H28F3N3O4. The first-order valence-corrected chi connectivity index (χ1v) is 11.2. The van der Waals surface area contributed by atoms with Crippen LogP contribution in [0, 0.1) is 11.8 Å². The van der Waals surface area contributed by atoms with Crippen LogP contribution in [0.4, 0.5) is 13.2 Å². The number of nitrogens with zero attached hydrogens (tertiary/aromatic N) is 2. The average molecular weight is 492 g/mol. The van der Waals surface area contributed by atoms with Crippen molar-refractivity contribution >= 4 is 23.0 Å². The van der Waals surface area contributed by atoms with Crippen LogP contribution >= 0.6 is 0 Å². The molecule has 1 N–H and O–H groups in total. The molecular weight excluding hydrogens is 463 g/mol. The van der Waals surface area contributed by atoms with Crippen LogP contribution in [-0.2, 0) is 16.2 Å². The summed E-state index contributed by atoms with van der Waals surface area (Å²) in [6.07, 6.45) is -5.21. The van der Waals surface area contributed by atoms with Crippen LogP contribution in [0.5, 0.6) is 0 Å². The van der Waals surface area contributed by atoms with E-state index in [-0.39, 0.29) is 5.56 Å². The standard InChI is InChI=1S/C25H28F3N3O4/c1-15(2)12-31(13-16(3)4)14-17-6-5-7-19(10-17)23-29-20-11-18(8-9-21(20)34-23)22(32)30-35-24(33)25(26,27)28/h5-11,15-16H,12-14H2,1-4H3,(H,30,32). The van der Waals surface area contributed by atoms with Crippen molar-refractivity contribution in [1.82, 2.24) is 15.4 Å². The predicted molar refractivity (Wildman–Crippen MR) is 124 cm³/mol. The highest BCUT2D eigenvalue weighted by atomic mass is 19.4. The minimum Gasteiger partial charge on any atom is -0.436 e. The lowest BCUT2D eigenvalue weighted by Crippen LogP contribution is -2.34. The summed E-state index contributed by atoms with van der Waals surface area (Å²) in [5, 5.41) is 0. The number of rotatable bonds is 8. The van der Waals surface area contributed by atoms with Crippen LogP contribution in [0.15, 0.2) is 46.9 Å². The molecule has 0 unspecified atom stereocenters. The molecule has 0 saturated heterocycles. The van der Waals surface area contributed by atoms with Crippen molar-refractivity contribution < 1.29 is 32.0 Å². The van der Waals surface area contributed by atoms with Crippen molar-refractivity contribution in [2.24, 2.45) is 11.8 Å². The van der Waals surface area contributed by atoms with E-state index in [0.29, 0.717) is 28.8 Å².